The van der Waals surface area contributed by atoms with Gasteiger partial charge in [0.15, 0.2) is 11.5 Å². The Hall–Kier alpha value is -4.29. The Morgan fingerprint density at radius 3 is 2.34 bits per heavy atom. The van der Waals surface area contributed by atoms with Crippen molar-refractivity contribution < 1.29 is 36.9 Å². The van der Waals surface area contributed by atoms with Crippen LogP contribution in [0.1, 0.15) is 37.7 Å². The van der Waals surface area contributed by atoms with E-state index >= 15 is 0 Å². The molecule has 3 aromatic carbocycles. The molecule has 0 aliphatic carbocycles. The molecule has 8 nitrogen and oxygen atoms in total. The summed E-state index contributed by atoms with van der Waals surface area (Å²) in [7, 11) is 6.39. The van der Waals surface area contributed by atoms with Crippen molar-refractivity contribution in [2.24, 2.45) is 0 Å². The molecule has 4 rings (SSSR count). The average Bonchev–Trinajstić information content (AvgIpc) is 3.50. The number of rotatable bonds is 14. The number of hydrogen-bond donors (Lipinski definition) is 1. The zero-order chi connectivity index (χ0) is 31.7. The smallest absolute Gasteiger partial charge is 0.416 e. The Kier molecular flexibility index (Phi) is 11.1. The fourth-order valence-electron chi connectivity index (χ4n) is 4.57. The van der Waals surface area contributed by atoms with E-state index in [9.17, 15) is 18.0 Å². The molecule has 0 saturated carbocycles. The Bertz CT molecular complexity index is 1560. The molecule has 0 radical (unpaired) electrons. The molecule has 0 fully saturated rings. The third kappa shape index (κ3) is 8.64. The number of thiazole rings is 1. The van der Waals surface area contributed by atoms with E-state index in [4.69, 9.17) is 18.9 Å². The SMILES string of the molecule is COc1ccc(CN(CCc2ccc(OC)c(OC)c2)Cc2nc(C(=O)NCc3cccc(C(F)(F)F)c3)cs2)c(OC)c1. The molecular formula is C32H34F3N3O5S. The minimum absolute atomic E-state index is 0.0513. The van der Waals surface area contributed by atoms with Crippen molar-refractivity contribution in [1.29, 1.82) is 0 Å². The van der Waals surface area contributed by atoms with Crippen LogP contribution in [0.15, 0.2) is 66.0 Å². The van der Waals surface area contributed by atoms with E-state index in [0.717, 1.165) is 23.3 Å². The minimum atomic E-state index is -4.45. The average molecular weight is 630 g/mol. The van der Waals surface area contributed by atoms with Crippen molar-refractivity contribution in [1.82, 2.24) is 15.2 Å². The van der Waals surface area contributed by atoms with Gasteiger partial charge in [0.05, 0.1) is 40.5 Å². The van der Waals surface area contributed by atoms with Crippen LogP contribution in [-0.4, -0.2) is 50.8 Å². The van der Waals surface area contributed by atoms with Crippen LogP contribution in [0.4, 0.5) is 13.2 Å². The number of nitrogens with one attached hydrogen (secondary N) is 1. The first-order valence-electron chi connectivity index (χ1n) is 13.7. The van der Waals surface area contributed by atoms with Gasteiger partial charge in [-0.1, -0.05) is 24.3 Å². The van der Waals surface area contributed by atoms with Gasteiger partial charge in [-0.2, -0.15) is 13.2 Å². The van der Waals surface area contributed by atoms with Crippen molar-refractivity contribution in [3.8, 4) is 23.0 Å². The lowest BCUT2D eigenvalue weighted by Crippen LogP contribution is -2.26. The molecule has 0 saturated heterocycles. The number of hydrogen-bond acceptors (Lipinski definition) is 8. The molecule has 1 amide bonds. The van der Waals surface area contributed by atoms with Gasteiger partial charge in [-0.15, -0.1) is 11.3 Å². The normalized spacial score (nSPS) is 11.4. The topological polar surface area (TPSA) is 82.2 Å². The molecule has 12 heteroatoms. The third-order valence-corrected chi connectivity index (χ3v) is 7.74. The number of amides is 1. The van der Waals surface area contributed by atoms with Crippen LogP contribution in [0.25, 0.3) is 0 Å². The van der Waals surface area contributed by atoms with Crippen molar-refractivity contribution in [3.05, 3.63) is 99.0 Å². The van der Waals surface area contributed by atoms with Crippen LogP contribution in [0, 0.1) is 0 Å². The van der Waals surface area contributed by atoms with Crippen LogP contribution in [0.3, 0.4) is 0 Å². The van der Waals surface area contributed by atoms with E-state index in [0.29, 0.717) is 59.6 Å². The first-order valence-corrected chi connectivity index (χ1v) is 14.5. The monoisotopic (exact) mass is 629 g/mol. The molecule has 0 spiro atoms. The summed E-state index contributed by atoms with van der Waals surface area (Å²) in [6, 6.07) is 16.3. The van der Waals surface area contributed by atoms with Gasteiger partial charge in [-0.25, -0.2) is 4.98 Å². The summed E-state index contributed by atoms with van der Waals surface area (Å²) >= 11 is 1.34. The standard InChI is InChI=1S/C32H34F3N3O5S/c1-40-25-10-9-23(28(16-25)42-3)18-38(13-12-21-8-11-27(41-2)29(15-21)43-4)19-30-37-26(20-44-30)31(39)36-17-22-6-5-7-24(14-22)32(33,34)35/h5-11,14-16,20H,12-13,17-19H2,1-4H3,(H,36,39). The van der Waals surface area contributed by atoms with Crippen LogP contribution in [-0.2, 0) is 32.2 Å². The lowest BCUT2D eigenvalue weighted by Gasteiger charge is -2.23. The third-order valence-electron chi connectivity index (χ3n) is 6.90. The van der Waals surface area contributed by atoms with E-state index in [1.165, 1.54) is 23.5 Å². The highest BCUT2D eigenvalue weighted by molar-refractivity contribution is 7.09. The zero-order valence-corrected chi connectivity index (χ0v) is 25.7. The molecular weight excluding hydrogens is 595 g/mol. The minimum Gasteiger partial charge on any atom is -0.497 e. The number of methoxy groups -OCH3 is 4. The van der Waals surface area contributed by atoms with Gasteiger partial charge >= 0.3 is 6.18 Å². The number of ether oxygens (including phenoxy) is 4. The molecule has 1 heterocycles. The fourth-order valence-corrected chi connectivity index (χ4v) is 5.39. The molecule has 1 aromatic heterocycles. The van der Waals surface area contributed by atoms with Crippen molar-refractivity contribution >= 4 is 17.2 Å². The van der Waals surface area contributed by atoms with Gasteiger partial charge in [-0.3, -0.25) is 9.69 Å². The molecule has 0 unspecified atom stereocenters. The molecule has 0 bridgehead atoms. The predicted octanol–water partition coefficient (Wildman–Crippen LogP) is 6.37. The second kappa shape index (κ2) is 14.9. The van der Waals surface area contributed by atoms with Gasteiger partial charge in [0.2, 0.25) is 0 Å². The van der Waals surface area contributed by atoms with Crippen molar-refractivity contribution in [2.75, 3.05) is 35.0 Å². The van der Waals surface area contributed by atoms with E-state index in [1.807, 2.05) is 36.4 Å². The Morgan fingerprint density at radius 1 is 0.864 bits per heavy atom. The Balaban J connectivity index is 1.47. The van der Waals surface area contributed by atoms with Crippen molar-refractivity contribution in [2.45, 2.75) is 32.2 Å². The lowest BCUT2D eigenvalue weighted by molar-refractivity contribution is -0.137. The van der Waals surface area contributed by atoms with Crippen LogP contribution >= 0.6 is 11.3 Å². The molecule has 234 valence electrons. The maximum Gasteiger partial charge on any atom is 0.416 e. The number of carbonyl (C=O) groups is 1. The second-order valence-corrected chi connectivity index (χ2v) is 10.8. The van der Waals surface area contributed by atoms with Gasteiger partial charge in [0.1, 0.15) is 22.2 Å². The van der Waals surface area contributed by atoms with Crippen LogP contribution < -0.4 is 24.3 Å². The Morgan fingerprint density at radius 2 is 1.64 bits per heavy atom. The highest BCUT2D eigenvalue weighted by atomic mass is 32.1. The number of carbonyl (C=O) groups excluding carboxylic acids is 1. The summed E-state index contributed by atoms with van der Waals surface area (Å²) in [6.07, 6.45) is -3.75. The van der Waals surface area contributed by atoms with Gasteiger partial charge in [-0.05, 0) is 47.9 Å². The number of benzene rings is 3. The molecule has 0 aliphatic rings. The molecule has 0 aliphatic heterocycles. The Labute approximate surface area is 258 Å². The summed E-state index contributed by atoms with van der Waals surface area (Å²) in [5, 5.41) is 5.03. The molecule has 0 atom stereocenters. The van der Waals surface area contributed by atoms with E-state index in [-0.39, 0.29) is 12.2 Å². The quantitative estimate of drug-likeness (QED) is 0.174. The summed E-state index contributed by atoms with van der Waals surface area (Å²) < 4.78 is 60.9. The number of halogens is 3. The largest absolute Gasteiger partial charge is 0.497 e. The summed E-state index contributed by atoms with van der Waals surface area (Å²) in [4.78, 5) is 19.5. The predicted molar refractivity (Wildman–Crippen MR) is 162 cm³/mol. The zero-order valence-electron chi connectivity index (χ0n) is 24.9. The first kappa shape index (κ1) is 32.6. The highest BCUT2D eigenvalue weighted by Gasteiger charge is 2.30. The van der Waals surface area contributed by atoms with Gasteiger partial charge < -0.3 is 24.3 Å². The molecule has 44 heavy (non-hydrogen) atoms. The summed E-state index contributed by atoms with van der Waals surface area (Å²) in [6.45, 7) is 1.59. The highest BCUT2D eigenvalue weighted by Crippen LogP contribution is 2.31. The maximum atomic E-state index is 13.0. The number of nitrogens with zero attached hydrogens (tertiary/aromatic N) is 2. The first-order chi connectivity index (χ1) is 21.1. The second-order valence-electron chi connectivity index (χ2n) is 9.84. The summed E-state index contributed by atoms with van der Waals surface area (Å²) in [5.74, 6) is 2.21. The maximum absolute atomic E-state index is 13.0. The van der Waals surface area contributed by atoms with E-state index < -0.39 is 17.6 Å². The summed E-state index contributed by atoms with van der Waals surface area (Å²) in [5.41, 5.74) is 1.80. The number of alkyl halides is 3. The number of aromatic nitrogens is 1. The van der Waals surface area contributed by atoms with Crippen LogP contribution in [0.2, 0.25) is 0 Å². The van der Waals surface area contributed by atoms with E-state index in [2.05, 4.69) is 15.2 Å². The van der Waals surface area contributed by atoms with Crippen molar-refractivity contribution in [3.63, 3.8) is 0 Å². The van der Waals surface area contributed by atoms with Crippen LogP contribution in [0.5, 0.6) is 23.0 Å². The van der Waals surface area contributed by atoms with Gasteiger partial charge in [0.25, 0.3) is 5.91 Å². The molecule has 4 aromatic rings. The van der Waals surface area contributed by atoms with Gasteiger partial charge in [0, 0.05) is 36.6 Å². The molecule has 1 N–H and O–H groups in total. The fraction of sp³-hybridized carbons (Fsp3) is 0.312. The van der Waals surface area contributed by atoms with E-state index in [1.54, 1.807) is 33.8 Å². The lowest BCUT2D eigenvalue weighted by atomic mass is 10.1.